The molecule has 0 aromatic rings. The first-order chi connectivity index (χ1) is 16.4. The second kappa shape index (κ2) is 19.1. The summed E-state index contributed by atoms with van der Waals surface area (Å²) in [5.41, 5.74) is 0. The van der Waals surface area contributed by atoms with E-state index in [4.69, 9.17) is 18.9 Å². The summed E-state index contributed by atoms with van der Waals surface area (Å²) in [5, 5.41) is 0. The summed E-state index contributed by atoms with van der Waals surface area (Å²) in [7, 11) is 0. The van der Waals surface area contributed by atoms with Crippen molar-refractivity contribution in [3.8, 4) is 0 Å². The zero-order valence-electron chi connectivity index (χ0n) is 22.5. The van der Waals surface area contributed by atoms with Crippen LogP contribution in [-0.4, -0.2) is 43.7 Å². The predicted octanol–water partition coefficient (Wildman–Crippen LogP) is 7.12. The molecule has 0 atom stereocenters. The van der Waals surface area contributed by atoms with E-state index < -0.39 is 5.79 Å². The molecule has 1 aliphatic rings. The summed E-state index contributed by atoms with van der Waals surface area (Å²) in [4.78, 5) is 24.3. The van der Waals surface area contributed by atoms with E-state index >= 15 is 0 Å². The van der Waals surface area contributed by atoms with Crippen LogP contribution < -0.4 is 0 Å². The molecule has 1 fully saturated rings. The van der Waals surface area contributed by atoms with Gasteiger partial charge in [-0.15, -0.1) is 0 Å². The summed E-state index contributed by atoms with van der Waals surface area (Å²) in [5.74, 6) is -0.671. The zero-order valence-corrected chi connectivity index (χ0v) is 22.5. The van der Waals surface area contributed by atoms with Crippen LogP contribution >= 0.6 is 0 Å². The van der Waals surface area contributed by atoms with Crippen LogP contribution in [0, 0.1) is 5.92 Å². The highest BCUT2D eigenvalue weighted by Gasteiger charge is 2.28. The van der Waals surface area contributed by atoms with Crippen molar-refractivity contribution in [2.75, 3.05) is 19.8 Å². The number of rotatable bonds is 20. The van der Waals surface area contributed by atoms with Gasteiger partial charge in [-0.25, -0.2) is 0 Å². The largest absolute Gasteiger partial charge is 0.465 e. The van der Waals surface area contributed by atoms with Crippen molar-refractivity contribution in [1.82, 2.24) is 0 Å². The van der Waals surface area contributed by atoms with E-state index in [-0.39, 0.29) is 24.0 Å². The molecule has 0 radical (unpaired) electrons. The highest BCUT2D eigenvalue weighted by molar-refractivity contribution is 5.69. The summed E-state index contributed by atoms with van der Waals surface area (Å²) in [6.07, 6.45) is 16.1. The Morgan fingerprint density at radius 1 is 0.765 bits per heavy atom. The molecule has 0 amide bonds. The van der Waals surface area contributed by atoms with Crippen LogP contribution in [0.5, 0.6) is 0 Å². The summed E-state index contributed by atoms with van der Waals surface area (Å²) < 4.78 is 22.4. The van der Waals surface area contributed by atoms with Gasteiger partial charge in [0.1, 0.15) is 6.10 Å². The minimum Gasteiger partial charge on any atom is -0.465 e. The lowest BCUT2D eigenvalue weighted by molar-refractivity contribution is -0.265. The molecular weight excluding hydrogens is 432 g/mol. The van der Waals surface area contributed by atoms with Crippen molar-refractivity contribution >= 4 is 11.9 Å². The first kappa shape index (κ1) is 30.9. The van der Waals surface area contributed by atoms with Gasteiger partial charge in [-0.05, 0) is 52.4 Å². The second-order valence-corrected chi connectivity index (χ2v) is 10.3. The summed E-state index contributed by atoms with van der Waals surface area (Å²) in [6, 6.07) is 0. The average molecular weight is 485 g/mol. The Kier molecular flexibility index (Phi) is 17.4. The van der Waals surface area contributed by atoms with E-state index in [2.05, 4.69) is 13.8 Å². The van der Waals surface area contributed by atoms with Gasteiger partial charge in [0.25, 0.3) is 0 Å². The van der Waals surface area contributed by atoms with Crippen molar-refractivity contribution < 1.29 is 28.5 Å². The molecule has 0 bridgehead atoms. The Labute approximate surface area is 208 Å². The van der Waals surface area contributed by atoms with E-state index in [0.717, 1.165) is 51.4 Å². The Balaban J connectivity index is 2.09. The lowest BCUT2D eigenvalue weighted by atomic mass is 10.0. The average Bonchev–Trinajstić information content (AvgIpc) is 2.80. The third kappa shape index (κ3) is 16.5. The van der Waals surface area contributed by atoms with Crippen LogP contribution in [0.3, 0.4) is 0 Å². The van der Waals surface area contributed by atoms with Crippen LogP contribution in [0.15, 0.2) is 0 Å². The fourth-order valence-electron chi connectivity index (χ4n) is 4.10. The van der Waals surface area contributed by atoms with Crippen LogP contribution in [0.25, 0.3) is 0 Å². The van der Waals surface area contributed by atoms with Crippen LogP contribution in [-0.2, 0) is 28.5 Å². The second-order valence-electron chi connectivity index (χ2n) is 10.3. The molecule has 1 aliphatic heterocycles. The van der Waals surface area contributed by atoms with Gasteiger partial charge < -0.3 is 18.9 Å². The minimum atomic E-state index is -0.545. The molecule has 34 heavy (non-hydrogen) atoms. The van der Waals surface area contributed by atoms with Gasteiger partial charge in [-0.2, -0.15) is 0 Å². The Hall–Kier alpha value is -1.14. The van der Waals surface area contributed by atoms with Gasteiger partial charge in [-0.3, -0.25) is 9.59 Å². The van der Waals surface area contributed by atoms with Gasteiger partial charge >= 0.3 is 11.9 Å². The van der Waals surface area contributed by atoms with Crippen molar-refractivity contribution in [1.29, 1.82) is 0 Å². The maximum atomic E-state index is 12.3. The Morgan fingerprint density at radius 3 is 1.79 bits per heavy atom. The maximum Gasteiger partial charge on any atom is 0.306 e. The summed E-state index contributed by atoms with van der Waals surface area (Å²) in [6.45, 7) is 9.65. The van der Waals surface area contributed by atoms with E-state index in [1.807, 2.05) is 13.8 Å². The SMILES string of the molecule is CCCCCCC(CCCCCC)OC(=O)CCCCCCC(=O)OCC1COC(C)(C)OC1. The Bertz CT molecular complexity index is 511. The van der Waals surface area contributed by atoms with Gasteiger partial charge in [0, 0.05) is 18.8 Å². The molecule has 0 spiro atoms. The van der Waals surface area contributed by atoms with Crippen LogP contribution in [0.1, 0.15) is 130 Å². The fraction of sp³-hybridized carbons (Fsp3) is 0.929. The molecule has 200 valence electrons. The molecule has 0 aliphatic carbocycles. The minimum absolute atomic E-state index is 0.0597. The number of esters is 2. The quantitative estimate of drug-likeness (QED) is 0.135. The standard InChI is InChI=1S/C28H52O6/c1-5-7-9-13-17-25(18-14-10-8-6-2)34-27(30)20-16-12-11-15-19-26(29)31-21-24-22-32-28(3,4)33-23-24/h24-25H,5-23H2,1-4H3. The number of hydrogen-bond acceptors (Lipinski definition) is 6. The monoisotopic (exact) mass is 484 g/mol. The molecule has 1 saturated heterocycles. The molecule has 0 unspecified atom stereocenters. The molecular formula is C28H52O6. The molecule has 1 heterocycles. The highest BCUT2D eigenvalue weighted by atomic mass is 16.7. The van der Waals surface area contributed by atoms with Gasteiger partial charge in [0.05, 0.1) is 19.8 Å². The van der Waals surface area contributed by atoms with E-state index in [0.29, 0.717) is 32.7 Å². The van der Waals surface area contributed by atoms with E-state index in [1.165, 1.54) is 38.5 Å². The third-order valence-corrected chi connectivity index (χ3v) is 6.38. The van der Waals surface area contributed by atoms with Crippen molar-refractivity contribution in [2.24, 2.45) is 5.92 Å². The van der Waals surface area contributed by atoms with Gasteiger partial charge in [-0.1, -0.05) is 65.2 Å². The predicted molar refractivity (Wildman–Crippen MR) is 136 cm³/mol. The van der Waals surface area contributed by atoms with Crippen LogP contribution in [0.4, 0.5) is 0 Å². The molecule has 0 aromatic heterocycles. The Morgan fingerprint density at radius 2 is 1.26 bits per heavy atom. The molecule has 0 aromatic carbocycles. The number of unbranched alkanes of at least 4 members (excludes halogenated alkanes) is 9. The molecule has 1 rings (SSSR count). The van der Waals surface area contributed by atoms with Gasteiger partial charge in [0.2, 0.25) is 0 Å². The molecule has 0 N–H and O–H groups in total. The molecule has 6 nitrogen and oxygen atoms in total. The first-order valence-electron chi connectivity index (χ1n) is 14.0. The third-order valence-electron chi connectivity index (χ3n) is 6.38. The lowest BCUT2D eigenvalue weighted by Crippen LogP contribution is -2.41. The first-order valence-corrected chi connectivity index (χ1v) is 14.0. The molecule has 0 saturated carbocycles. The smallest absolute Gasteiger partial charge is 0.306 e. The number of carbonyl (C=O) groups is 2. The number of ether oxygens (including phenoxy) is 4. The lowest BCUT2D eigenvalue weighted by Gasteiger charge is -2.34. The van der Waals surface area contributed by atoms with Crippen LogP contribution in [0.2, 0.25) is 0 Å². The maximum absolute atomic E-state index is 12.3. The van der Waals surface area contributed by atoms with Crippen molar-refractivity contribution in [2.45, 2.75) is 142 Å². The number of hydrogen-bond donors (Lipinski definition) is 0. The highest BCUT2D eigenvalue weighted by Crippen LogP contribution is 2.21. The molecule has 6 heteroatoms. The van der Waals surface area contributed by atoms with Crippen molar-refractivity contribution in [3.63, 3.8) is 0 Å². The van der Waals surface area contributed by atoms with Crippen molar-refractivity contribution in [3.05, 3.63) is 0 Å². The van der Waals surface area contributed by atoms with E-state index in [9.17, 15) is 9.59 Å². The zero-order chi connectivity index (χ0) is 25.1. The normalized spacial score (nSPS) is 16.0. The van der Waals surface area contributed by atoms with Gasteiger partial charge in [0.15, 0.2) is 5.79 Å². The number of carbonyl (C=O) groups excluding carboxylic acids is 2. The fourth-order valence-corrected chi connectivity index (χ4v) is 4.10. The summed E-state index contributed by atoms with van der Waals surface area (Å²) >= 11 is 0. The van der Waals surface area contributed by atoms with E-state index in [1.54, 1.807) is 0 Å². The topological polar surface area (TPSA) is 71.1 Å².